The molecule has 0 unspecified atom stereocenters. The van der Waals surface area contributed by atoms with E-state index in [1.807, 2.05) is 0 Å². The molecular weight excluding hydrogens is 374 g/mol. The summed E-state index contributed by atoms with van der Waals surface area (Å²) in [5, 5.41) is 1.02. The summed E-state index contributed by atoms with van der Waals surface area (Å²) in [5.74, 6) is 0.0123. The van der Waals surface area contributed by atoms with Crippen molar-refractivity contribution in [1.82, 2.24) is 14.0 Å². The number of aromatic nitrogens is 2. The summed E-state index contributed by atoms with van der Waals surface area (Å²) in [4.78, 5) is 41.1. The van der Waals surface area contributed by atoms with E-state index in [1.165, 1.54) is 20.5 Å². The summed E-state index contributed by atoms with van der Waals surface area (Å²) >= 11 is 7.45. The Labute approximate surface area is 157 Å². The fourth-order valence-electron chi connectivity index (χ4n) is 3.39. The van der Waals surface area contributed by atoms with Crippen LogP contribution in [0.25, 0.3) is 15.9 Å². The molecule has 1 aliphatic heterocycles. The fraction of sp³-hybridized carbons (Fsp3) is 0.278. The second kappa shape index (κ2) is 6.10. The van der Waals surface area contributed by atoms with Gasteiger partial charge in [-0.1, -0.05) is 17.7 Å². The van der Waals surface area contributed by atoms with Gasteiger partial charge < -0.3 is 4.90 Å². The maximum Gasteiger partial charge on any atom is 0.336 e. The maximum absolute atomic E-state index is 13.2. The van der Waals surface area contributed by atoms with Crippen LogP contribution >= 0.6 is 22.9 Å². The molecule has 0 spiro atoms. The number of amides is 1. The van der Waals surface area contributed by atoms with Gasteiger partial charge in [-0.3, -0.25) is 14.2 Å². The van der Waals surface area contributed by atoms with Gasteiger partial charge in [0, 0.05) is 30.4 Å². The van der Waals surface area contributed by atoms with Gasteiger partial charge >= 0.3 is 5.69 Å². The van der Waals surface area contributed by atoms with Gasteiger partial charge in [-0.2, -0.15) is 0 Å². The molecule has 3 aromatic rings. The number of carbonyl (C=O) groups is 1. The number of carbonyl (C=O) groups excluding carboxylic acids is 1. The fourth-order valence-corrected chi connectivity index (χ4v) is 4.89. The van der Waals surface area contributed by atoms with Gasteiger partial charge in [-0.25, -0.2) is 9.36 Å². The van der Waals surface area contributed by atoms with E-state index in [-0.39, 0.29) is 11.5 Å². The van der Waals surface area contributed by atoms with Crippen molar-refractivity contribution in [2.45, 2.75) is 19.9 Å². The van der Waals surface area contributed by atoms with E-state index in [9.17, 15) is 14.4 Å². The van der Waals surface area contributed by atoms with Crippen LogP contribution in [0.2, 0.25) is 5.02 Å². The minimum atomic E-state index is -0.410. The van der Waals surface area contributed by atoms with Crippen LogP contribution in [-0.4, -0.2) is 26.5 Å². The number of fused-ring (bicyclic) bond motifs is 3. The van der Waals surface area contributed by atoms with E-state index in [1.54, 1.807) is 43.1 Å². The summed E-state index contributed by atoms with van der Waals surface area (Å²) in [6.07, 6.45) is 0.609. The molecule has 6 nitrogen and oxygen atoms in total. The molecule has 134 valence electrons. The Kier molecular flexibility index (Phi) is 4.00. The summed E-state index contributed by atoms with van der Waals surface area (Å²) in [7, 11) is 1.66. The molecule has 1 aliphatic rings. The average Bonchev–Trinajstić information content (AvgIpc) is 2.99. The van der Waals surface area contributed by atoms with Gasteiger partial charge in [-0.15, -0.1) is 11.3 Å². The van der Waals surface area contributed by atoms with Crippen LogP contribution in [0.5, 0.6) is 0 Å². The number of benzene rings is 1. The van der Waals surface area contributed by atoms with Crippen LogP contribution in [0.15, 0.2) is 33.9 Å². The molecule has 8 heteroatoms. The van der Waals surface area contributed by atoms with E-state index in [0.29, 0.717) is 40.4 Å². The zero-order valence-electron chi connectivity index (χ0n) is 14.3. The first kappa shape index (κ1) is 17.1. The molecule has 0 N–H and O–H groups in total. The third-order valence-corrected chi connectivity index (χ3v) is 6.28. The maximum atomic E-state index is 13.2. The van der Waals surface area contributed by atoms with Crippen LogP contribution in [0.3, 0.4) is 0 Å². The molecular formula is C18H16ClN3O3S. The highest BCUT2D eigenvalue weighted by molar-refractivity contribution is 7.18. The monoisotopic (exact) mass is 389 g/mol. The molecule has 0 saturated carbocycles. The molecule has 26 heavy (non-hydrogen) atoms. The lowest BCUT2D eigenvalue weighted by molar-refractivity contribution is -0.129. The van der Waals surface area contributed by atoms with Crippen molar-refractivity contribution in [3.8, 4) is 5.69 Å². The second-order valence-corrected chi connectivity index (χ2v) is 7.86. The lowest BCUT2D eigenvalue weighted by atomic mass is 10.1. The third kappa shape index (κ3) is 2.50. The molecule has 3 heterocycles. The first-order chi connectivity index (χ1) is 12.4. The number of hydrogen-bond donors (Lipinski definition) is 0. The van der Waals surface area contributed by atoms with E-state index in [2.05, 4.69) is 0 Å². The Morgan fingerprint density at radius 3 is 2.73 bits per heavy atom. The van der Waals surface area contributed by atoms with Crippen molar-refractivity contribution in [3.63, 3.8) is 0 Å². The standard InChI is InChI=1S/C18H16ClN3O3S/c1-10(23)21-7-6-13-14(9-21)26-17-15(13)16(24)22(18(25)20(17)2)12-5-3-4-11(19)8-12/h3-5,8H,6-7,9H2,1-2H3. The highest BCUT2D eigenvalue weighted by Gasteiger charge is 2.26. The molecule has 1 amide bonds. The summed E-state index contributed by atoms with van der Waals surface area (Å²) in [6, 6.07) is 6.70. The lowest BCUT2D eigenvalue weighted by Crippen LogP contribution is -2.38. The van der Waals surface area contributed by atoms with Crippen LogP contribution in [-0.2, 0) is 24.8 Å². The van der Waals surface area contributed by atoms with Gasteiger partial charge in [-0.05, 0) is 30.2 Å². The zero-order chi connectivity index (χ0) is 18.6. The number of nitrogens with zero attached hydrogens (tertiary/aromatic N) is 3. The van der Waals surface area contributed by atoms with Crippen LogP contribution in [0.1, 0.15) is 17.4 Å². The Morgan fingerprint density at radius 2 is 2.04 bits per heavy atom. The Hall–Kier alpha value is -2.38. The average molecular weight is 390 g/mol. The van der Waals surface area contributed by atoms with Gasteiger partial charge in [0.05, 0.1) is 17.6 Å². The van der Waals surface area contributed by atoms with Gasteiger partial charge in [0.25, 0.3) is 5.56 Å². The normalized spacial score (nSPS) is 13.9. The minimum absolute atomic E-state index is 0.0123. The Morgan fingerprint density at radius 1 is 1.27 bits per heavy atom. The summed E-state index contributed by atoms with van der Waals surface area (Å²) in [6.45, 7) is 2.60. The molecule has 0 bridgehead atoms. The van der Waals surface area contributed by atoms with E-state index < -0.39 is 5.69 Å². The van der Waals surface area contributed by atoms with Gasteiger partial charge in [0.1, 0.15) is 4.83 Å². The van der Waals surface area contributed by atoms with Crippen molar-refractivity contribution < 1.29 is 4.79 Å². The Bertz CT molecular complexity index is 1170. The number of halogens is 1. The van der Waals surface area contributed by atoms with E-state index >= 15 is 0 Å². The van der Waals surface area contributed by atoms with E-state index in [0.717, 1.165) is 10.4 Å². The van der Waals surface area contributed by atoms with Crippen LogP contribution in [0.4, 0.5) is 0 Å². The first-order valence-electron chi connectivity index (χ1n) is 8.16. The van der Waals surface area contributed by atoms with Crippen molar-refractivity contribution >= 4 is 39.1 Å². The molecule has 0 fully saturated rings. The van der Waals surface area contributed by atoms with Crippen LogP contribution in [0, 0.1) is 0 Å². The van der Waals surface area contributed by atoms with Crippen molar-refractivity contribution in [2.75, 3.05) is 6.54 Å². The highest BCUT2D eigenvalue weighted by atomic mass is 35.5. The zero-order valence-corrected chi connectivity index (χ0v) is 15.9. The van der Waals surface area contributed by atoms with Crippen LogP contribution < -0.4 is 11.2 Å². The smallest absolute Gasteiger partial charge is 0.336 e. The topological polar surface area (TPSA) is 64.3 Å². The number of hydrogen-bond acceptors (Lipinski definition) is 4. The largest absolute Gasteiger partial charge is 0.337 e. The predicted octanol–water partition coefficient (Wildman–Crippen LogP) is 2.31. The molecule has 0 aliphatic carbocycles. The summed E-state index contributed by atoms with van der Waals surface area (Å²) < 4.78 is 2.66. The predicted molar refractivity (Wildman–Crippen MR) is 102 cm³/mol. The second-order valence-electron chi connectivity index (χ2n) is 6.34. The lowest BCUT2D eigenvalue weighted by Gasteiger charge is -2.25. The molecule has 1 aromatic carbocycles. The van der Waals surface area contributed by atoms with Crippen molar-refractivity contribution in [1.29, 1.82) is 0 Å². The SMILES string of the molecule is CC(=O)N1CCc2c(sc3c2c(=O)n(-c2cccc(Cl)c2)c(=O)n3C)C1. The molecule has 0 radical (unpaired) electrons. The molecule has 4 rings (SSSR count). The van der Waals surface area contributed by atoms with Gasteiger partial charge in [0.15, 0.2) is 0 Å². The number of aryl methyl sites for hydroxylation is 1. The number of rotatable bonds is 1. The summed E-state index contributed by atoms with van der Waals surface area (Å²) in [5.41, 5.74) is 0.649. The minimum Gasteiger partial charge on any atom is -0.337 e. The molecule has 0 atom stereocenters. The van der Waals surface area contributed by atoms with E-state index in [4.69, 9.17) is 11.6 Å². The molecule has 2 aromatic heterocycles. The molecule has 0 saturated heterocycles. The first-order valence-corrected chi connectivity index (χ1v) is 9.35. The van der Waals surface area contributed by atoms with Crippen molar-refractivity contribution in [2.24, 2.45) is 7.05 Å². The number of thiophene rings is 1. The highest BCUT2D eigenvalue weighted by Crippen LogP contribution is 2.32. The van der Waals surface area contributed by atoms with Crippen molar-refractivity contribution in [3.05, 3.63) is 60.6 Å². The quantitative estimate of drug-likeness (QED) is 0.641. The Balaban J connectivity index is 2.02. The van der Waals surface area contributed by atoms with Gasteiger partial charge in [0.2, 0.25) is 5.91 Å². The third-order valence-electron chi connectivity index (χ3n) is 4.75.